The van der Waals surface area contributed by atoms with Crippen molar-refractivity contribution in [3.8, 4) is 0 Å². The van der Waals surface area contributed by atoms with Crippen LogP contribution in [0.3, 0.4) is 0 Å². The number of likely N-dealkylation sites (tertiary alicyclic amines) is 1. The highest BCUT2D eigenvalue weighted by Crippen LogP contribution is 2.19. The molecule has 1 heterocycles. The van der Waals surface area contributed by atoms with E-state index in [-0.39, 0.29) is 5.82 Å². The molecule has 4 heteroatoms. The average Bonchev–Trinajstić information content (AvgIpc) is 2.40. The second-order valence-corrected chi connectivity index (χ2v) is 5.60. The van der Waals surface area contributed by atoms with Crippen molar-refractivity contribution in [1.29, 1.82) is 0 Å². The zero-order valence-corrected chi connectivity index (χ0v) is 12.2. The van der Waals surface area contributed by atoms with Gasteiger partial charge in [-0.05, 0) is 51.0 Å². The van der Waals surface area contributed by atoms with Gasteiger partial charge in [0.15, 0.2) is 0 Å². The van der Waals surface area contributed by atoms with Gasteiger partial charge in [0.25, 0.3) is 0 Å². The van der Waals surface area contributed by atoms with E-state index in [1.54, 1.807) is 12.1 Å². The Morgan fingerprint density at radius 1 is 1.37 bits per heavy atom. The van der Waals surface area contributed by atoms with E-state index < -0.39 is 0 Å². The number of rotatable bonds is 5. The molecule has 1 aliphatic heterocycles. The summed E-state index contributed by atoms with van der Waals surface area (Å²) in [7, 11) is 0. The zero-order valence-electron chi connectivity index (χ0n) is 11.5. The summed E-state index contributed by atoms with van der Waals surface area (Å²) in [5.74, 6) is -0.219. The minimum Gasteiger partial charge on any atom is -0.310 e. The molecule has 1 aromatic carbocycles. The summed E-state index contributed by atoms with van der Waals surface area (Å²) in [6, 6.07) is 5.33. The third kappa shape index (κ3) is 4.16. The Bertz CT molecular complexity index is 383. The highest BCUT2D eigenvalue weighted by Gasteiger charge is 2.18. The number of hydrogen-bond donors (Lipinski definition) is 1. The normalized spacial score (nSPS) is 17.8. The molecule has 1 aromatic rings. The Kier molecular flexibility index (Phi) is 5.61. The molecule has 1 aliphatic rings. The van der Waals surface area contributed by atoms with Gasteiger partial charge >= 0.3 is 0 Å². The first-order chi connectivity index (χ1) is 9.20. The van der Waals surface area contributed by atoms with Crippen molar-refractivity contribution in [3.05, 3.63) is 34.6 Å². The molecule has 106 valence electrons. The number of hydrogen-bond acceptors (Lipinski definition) is 2. The molecular formula is C15H22ClFN2. The predicted molar refractivity (Wildman–Crippen MR) is 78.0 cm³/mol. The van der Waals surface area contributed by atoms with Crippen LogP contribution >= 0.6 is 11.6 Å². The summed E-state index contributed by atoms with van der Waals surface area (Å²) in [6.07, 6.45) is 3.47. The molecule has 1 fully saturated rings. The lowest BCUT2D eigenvalue weighted by Gasteiger charge is -2.32. The van der Waals surface area contributed by atoms with Crippen LogP contribution in [-0.4, -0.2) is 30.6 Å². The maximum atomic E-state index is 13.6. The lowest BCUT2D eigenvalue weighted by Crippen LogP contribution is -2.42. The van der Waals surface area contributed by atoms with Gasteiger partial charge in [0.2, 0.25) is 0 Å². The summed E-state index contributed by atoms with van der Waals surface area (Å²) < 4.78 is 13.6. The van der Waals surface area contributed by atoms with Crippen LogP contribution in [0.15, 0.2) is 18.2 Å². The van der Waals surface area contributed by atoms with E-state index in [4.69, 9.17) is 11.6 Å². The minimum atomic E-state index is -0.219. The maximum absolute atomic E-state index is 13.6. The van der Waals surface area contributed by atoms with Crippen LogP contribution in [0.5, 0.6) is 0 Å². The fraction of sp³-hybridized carbons (Fsp3) is 0.600. The van der Waals surface area contributed by atoms with Crippen LogP contribution in [0.2, 0.25) is 5.02 Å². The highest BCUT2D eigenvalue weighted by atomic mass is 35.5. The van der Waals surface area contributed by atoms with E-state index in [0.717, 1.165) is 25.9 Å². The number of nitrogens with one attached hydrogen (secondary N) is 1. The summed E-state index contributed by atoms with van der Waals surface area (Å²) in [5.41, 5.74) is 0.583. The van der Waals surface area contributed by atoms with E-state index in [1.807, 2.05) is 0 Å². The van der Waals surface area contributed by atoms with E-state index >= 15 is 0 Å². The van der Waals surface area contributed by atoms with Crippen LogP contribution in [0.25, 0.3) is 0 Å². The lowest BCUT2D eigenvalue weighted by molar-refractivity contribution is 0.197. The fourth-order valence-corrected chi connectivity index (χ4v) is 2.85. The minimum absolute atomic E-state index is 0.219. The van der Waals surface area contributed by atoms with Crippen LogP contribution in [-0.2, 0) is 6.54 Å². The van der Waals surface area contributed by atoms with Crippen molar-refractivity contribution < 1.29 is 4.39 Å². The zero-order chi connectivity index (χ0) is 13.7. The molecule has 0 aromatic heterocycles. The molecular weight excluding hydrogens is 263 g/mol. The summed E-state index contributed by atoms with van der Waals surface area (Å²) in [4.78, 5) is 2.49. The molecule has 19 heavy (non-hydrogen) atoms. The van der Waals surface area contributed by atoms with Crippen LogP contribution in [0.4, 0.5) is 4.39 Å². The van der Waals surface area contributed by atoms with Gasteiger partial charge in [0.05, 0.1) is 0 Å². The van der Waals surface area contributed by atoms with E-state index in [9.17, 15) is 4.39 Å². The van der Waals surface area contributed by atoms with Crippen molar-refractivity contribution in [3.63, 3.8) is 0 Å². The largest absolute Gasteiger partial charge is 0.310 e. The fourth-order valence-electron chi connectivity index (χ4n) is 2.62. The number of piperidine rings is 1. The molecule has 0 aliphatic carbocycles. The second-order valence-electron chi connectivity index (χ2n) is 5.20. The van der Waals surface area contributed by atoms with Gasteiger partial charge in [-0.3, -0.25) is 0 Å². The number of nitrogens with zero attached hydrogens (tertiary/aromatic N) is 1. The van der Waals surface area contributed by atoms with Crippen molar-refractivity contribution in [2.24, 2.45) is 0 Å². The molecule has 0 bridgehead atoms. The quantitative estimate of drug-likeness (QED) is 0.891. The molecule has 0 atom stereocenters. The topological polar surface area (TPSA) is 15.3 Å². The van der Waals surface area contributed by atoms with Gasteiger partial charge in [-0.2, -0.15) is 0 Å². The molecule has 0 saturated carbocycles. The molecule has 1 saturated heterocycles. The predicted octanol–water partition coefficient (Wildman–Crippen LogP) is 3.44. The number of benzene rings is 1. The Morgan fingerprint density at radius 3 is 2.74 bits per heavy atom. The SMILES string of the molecule is CCCN1CCC(NCc2c(F)cccc2Cl)CC1. The molecule has 1 N–H and O–H groups in total. The van der Waals surface area contributed by atoms with Crippen LogP contribution in [0, 0.1) is 5.82 Å². The van der Waals surface area contributed by atoms with Gasteiger partial charge < -0.3 is 10.2 Å². The van der Waals surface area contributed by atoms with E-state index in [1.165, 1.54) is 19.0 Å². The number of halogens is 2. The summed E-state index contributed by atoms with van der Waals surface area (Å²) >= 11 is 6.02. The molecule has 0 amide bonds. The van der Waals surface area contributed by atoms with Crippen molar-refractivity contribution in [2.75, 3.05) is 19.6 Å². The third-order valence-corrected chi connectivity index (χ3v) is 4.11. The smallest absolute Gasteiger partial charge is 0.129 e. The molecule has 0 spiro atoms. The van der Waals surface area contributed by atoms with Gasteiger partial charge in [-0.25, -0.2) is 4.39 Å². The van der Waals surface area contributed by atoms with Crippen molar-refractivity contribution in [1.82, 2.24) is 10.2 Å². The lowest BCUT2D eigenvalue weighted by atomic mass is 10.0. The molecule has 2 nitrogen and oxygen atoms in total. The third-order valence-electron chi connectivity index (χ3n) is 3.76. The highest BCUT2D eigenvalue weighted by molar-refractivity contribution is 6.31. The van der Waals surface area contributed by atoms with Crippen molar-refractivity contribution >= 4 is 11.6 Å². The van der Waals surface area contributed by atoms with Crippen molar-refractivity contribution in [2.45, 2.75) is 38.8 Å². The first kappa shape index (κ1) is 14.8. The Labute approximate surface area is 119 Å². The molecule has 0 radical (unpaired) electrons. The first-order valence-electron chi connectivity index (χ1n) is 7.09. The summed E-state index contributed by atoms with van der Waals surface area (Å²) in [6.45, 7) is 6.19. The monoisotopic (exact) mass is 284 g/mol. The first-order valence-corrected chi connectivity index (χ1v) is 7.47. The standard InChI is InChI=1S/C15H22ClFN2/c1-2-8-19-9-6-12(7-10-19)18-11-13-14(16)4-3-5-15(13)17/h3-5,12,18H,2,6-11H2,1H3. The molecule has 0 unspecified atom stereocenters. The maximum Gasteiger partial charge on any atom is 0.129 e. The van der Waals surface area contributed by atoms with E-state index in [2.05, 4.69) is 17.1 Å². The van der Waals surface area contributed by atoms with Gasteiger partial charge in [0, 0.05) is 23.2 Å². The van der Waals surface area contributed by atoms with Crippen LogP contribution in [0.1, 0.15) is 31.7 Å². The Morgan fingerprint density at radius 2 is 2.11 bits per heavy atom. The summed E-state index contributed by atoms with van der Waals surface area (Å²) in [5, 5.41) is 3.94. The van der Waals surface area contributed by atoms with E-state index in [0.29, 0.717) is 23.2 Å². The Balaban J connectivity index is 1.81. The van der Waals surface area contributed by atoms with Gasteiger partial charge in [0.1, 0.15) is 5.82 Å². The Hall–Kier alpha value is -0.640. The second kappa shape index (κ2) is 7.22. The van der Waals surface area contributed by atoms with Gasteiger partial charge in [-0.15, -0.1) is 0 Å². The van der Waals surface area contributed by atoms with Gasteiger partial charge in [-0.1, -0.05) is 24.6 Å². The van der Waals surface area contributed by atoms with Crippen LogP contribution < -0.4 is 5.32 Å². The molecule has 2 rings (SSSR count). The average molecular weight is 285 g/mol.